The molecule has 1 N–H and O–H groups in total. The van der Waals surface area contributed by atoms with E-state index in [-0.39, 0.29) is 5.60 Å². The molecule has 160 valence electrons. The minimum absolute atomic E-state index is 0.371. The van der Waals surface area contributed by atoms with Crippen LogP contribution in [0.25, 0.3) is 0 Å². The van der Waals surface area contributed by atoms with E-state index in [9.17, 15) is 22.8 Å². The molecule has 6 nitrogen and oxygen atoms in total. The van der Waals surface area contributed by atoms with Crippen LogP contribution in [0.3, 0.4) is 0 Å². The predicted octanol–water partition coefficient (Wildman–Crippen LogP) is 3.77. The van der Waals surface area contributed by atoms with Crippen molar-refractivity contribution >= 4 is 17.6 Å². The number of hydrogen-bond donors (Lipinski definition) is 1. The number of carbonyl (C=O) groups is 2. The Morgan fingerprint density at radius 1 is 1.17 bits per heavy atom. The highest BCUT2D eigenvalue weighted by Crippen LogP contribution is 2.41. The van der Waals surface area contributed by atoms with Crippen molar-refractivity contribution < 1.29 is 37.0 Å². The third-order valence-corrected chi connectivity index (χ3v) is 4.37. The van der Waals surface area contributed by atoms with Gasteiger partial charge in [-0.25, -0.2) is 18.0 Å². The van der Waals surface area contributed by atoms with E-state index in [4.69, 9.17) is 14.2 Å². The first-order chi connectivity index (χ1) is 14.1. The molecule has 2 aromatic rings. The lowest BCUT2D eigenvalue weighted by Gasteiger charge is -2.18. The van der Waals surface area contributed by atoms with Crippen LogP contribution < -0.4 is 14.8 Å². The second kappa shape index (κ2) is 8.25. The molecule has 0 saturated carbocycles. The fourth-order valence-electron chi connectivity index (χ4n) is 2.98. The predicted molar refractivity (Wildman–Crippen MR) is 101 cm³/mol. The molecule has 1 atom stereocenters. The van der Waals surface area contributed by atoms with Gasteiger partial charge in [0, 0.05) is 12.0 Å². The zero-order valence-electron chi connectivity index (χ0n) is 16.6. The lowest BCUT2D eigenvalue weighted by Crippen LogP contribution is -2.32. The summed E-state index contributed by atoms with van der Waals surface area (Å²) in [5.74, 6) is -5.50. The summed E-state index contributed by atoms with van der Waals surface area (Å²) < 4.78 is 56.1. The molecule has 0 saturated heterocycles. The molecule has 1 aliphatic rings. The number of amides is 1. The average molecular weight is 423 g/mol. The van der Waals surface area contributed by atoms with Gasteiger partial charge in [0.25, 0.3) is 5.91 Å². The van der Waals surface area contributed by atoms with Crippen LogP contribution in [0.2, 0.25) is 0 Å². The van der Waals surface area contributed by atoms with Crippen LogP contribution in [0.5, 0.6) is 11.5 Å². The fraction of sp³-hybridized carbons (Fsp3) is 0.333. The van der Waals surface area contributed by atoms with E-state index in [0.29, 0.717) is 24.0 Å². The fourth-order valence-corrected chi connectivity index (χ4v) is 2.98. The lowest BCUT2D eigenvalue weighted by molar-refractivity contribution is -0.155. The maximum atomic E-state index is 13.7. The van der Waals surface area contributed by atoms with Gasteiger partial charge in [-0.15, -0.1) is 0 Å². The second-order valence-corrected chi connectivity index (χ2v) is 7.42. The summed E-state index contributed by atoms with van der Waals surface area (Å²) in [6.45, 7) is 4.62. The van der Waals surface area contributed by atoms with Crippen molar-refractivity contribution in [3.8, 4) is 11.5 Å². The lowest BCUT2D eigenvalue weighted by atomic mass is 10.0. The topological polar surface area (TPSA) is 73.9 Å². The highest BCUT2D eigenvalue weighted by atomic mass is 19.2. The van der Waals surface area contributed by atoms with Crippen LogP contribution in [0, 0.1) is 17.5 Å². The molecule has 0 bridgehead atoms. The number of benzene rings is 2. The van der Waals surface area contributed by atoms with Gasteiger partial charge in [-0.2, -0.15) is 0 Å². The maximum Gasteiger partial charge on any atom is 0.344 e. The molecule has 0 unspecified atom stereocenters. The van der Waals surface area contributed by atoms with Gasteiger partial charge in [0.1, 0.15) is 5.60 Å². The Labute approximate surface area is 170 Å². The molecule has 1 heterocycles. The zero-order chi connectivity index (χ0) is 22.1. The molecule has 0 aliphatic carbocycles. The van der Waals surface area contributed by atoms with E-state index in [1.54, 1.807) is 12.1 Å². The van der Waals surface area contributed by atoms with Crippen LogP contribution >= 0.6 is 0 Å². The number of esters is 1. The van der Waals surface area contributed by atoms with Gasteiger partial charge >= 0.3 is 5.97 Å². The van der Waals surface area contributed by atoms with Gasteiger partial charge in [0.2, 0.25) is 0 Å². The highest BCUT2D eigenvalue weighted by Gasteiger charge is 2.32. The van der Waals surface area contributed by atoms with Crippen LogP contribution in [0.4, 0.5) is 18.9 Å². The van der Waals surface area contributed by atoms with Crippen LogP contribution in [0.15, 0.2) is 30.3 Å². The van der Waals surface area contributed by atoms with Gasteiger partial charge in [-0.1, -0.05) is 12.1 Å². The molecular formula is C21H20F3NO5. The van der Waals surface area contributed by atoms with E-state index in [2.05, 4.69) is 0 Å². The monoisotopic (exact) mass is 423 g/mol. The summed E-state index contributed by atoms with van der Waals surface area (Å²) in [6.07, 6.45) is -0.632. The zero-order valence-corrected chi connectivity index (χ0v) is 16.6. The largest absolute Gasteiger partial charge is 0.483 e. The van der Waals surface area contributed by atoms with Crippen molar-refractivity contribution in [2.45, 2.75) is 38.9 Å². The average Bonchev–Trinajstić information content (AvgIpc) is 3.01. The van der Waals surface area contributed by atoms with E-state index in [1.807, 2.05) is 25.2 Å². The number of ether oxygens (including phenoxy) is 3. The molecular weight excluding hydrogens is 403 g/mol. The van der Waals surface area contributed by atoms with E-state index in [0.717, 1.165) is 11.6 Å². The standard InChI is InChI=1S/C21H20F3NO5/c1-11(20(27)25-14-8-7-13(22)17(23)18(14)24)29-16(26)10-28-15-6-4-5-12-9-21(2,3)30-19(12)15/h4-8,11H,9-10H2,1-3H3,(H,25,27)/t11-/m1/s1. The third-order valence-electron chi connectivity index (χ3n) is 4.37. The third kappa shape index (κ3) is 4.67. The molecule has 0 spiro atoms. The smallest absolute Gasteiger partial charge is 0.344 e. The molecule has 3 rings (SSSR count). The Balaban J connectivity index is 1.55. The minimum atomic E-state index is -1.72. The van der Waals surface area contributed by atoms with Gasteiger partial charge < -0.3 is 19.5 Å². The summed E-state index contributed by atoms with van der Waals surface area (Å²) >= 11 is 0. The van der Waals surface area contributed by atoms with Crippen LogP contribution in [-0.2, 0) is 20.7 Å². The Bertz CT molecular complexity index is 993. The second-order valence-electron chi connectivity index (χ2n) is 7.42. The first-order valence-corrected chi connectivity index (χ1v) is 9.15. The Hall–Kier alpha value is -3.23. The quantitative estimate of drug-likeness (QED) is 0.566. The number of carbonyl (C=O) groups excluding carboxylic acids is 2. The SMILES string of the molecule is C[C@@H](OC(=O)COc1cccc2c1OC(C)(C)C2)C(=O)Nc1ccc(F)c(F)c1F. The number of hydrogen-bond acceptors (Lipinski definition) is 5. The number of fused-ring (bicyclic) bond motifs is 1. The maximum absolute atomic E-state index is 13.7. The summed E-state index contributed by atoms with van der Waals surface area (Å²) in [5.41, 5.74) is -0.00544. The number of halogens is 3. The molecule has 30 heavy (non-hydrogen) atoms. The van der Waals surface area contributed by atoms with Gasteiger partial charge in [0.15, 0.2) is 41.7 Å². The molecule has 9 heteroatoms. The highest BCUT2D eigenvalue weighted by molar-refractivity contribution is 5.95. The molecule has 1 aliphatic heterocycles. The number of anilines is 1. The van der Waals surface area contributed by atoms with Crippen LogP contribution in [-0.4, -0.2) is 30.2 Å². The number of rotatable bonds is 6. The van der Waals surface area contributed by atoms with Crippen LogP contribution in [0.1, 0.15) is 26.3 Å². The van der Waals surface area contributed by atoms with Crippen molar-refractivity contribution in [1.29, 1.82) is 0 Å². The van der Waals surface area contributed by atoms with E-state index in [1.165, 1.54) is 6.92 Å². The molecule has 0 fully saturated rings. The van der Waals surface area contributed by atoms with Crippen molar-refractivity contribution in [2.24, 2.45) is 0 Å². The number of nitrogens with one attached hydrogen (secondary N) is 1. The molecule has 0 radical (unpaired) electrons. The summed E-state index contributed by atoms with van der Waals surface area (Å²) in [6, 6.07) is 6.85. The Morgan fingerprint density at radius 3 is 2.63 bits per heavy atom. The van der Waals surface area contributed by atoms with Crippen molar-refractivity contribution in [1.82, 2.24) is 0 Å². The first kappa shape index (κ1) is 21.5. The summed E-state index contributed by atoms with van der Waals surface area (Å²) in [5, 5.41) is 2.04. The molecule has 2 aromatic carbocycles. The van der Waals surface area contributed by atoms with Gasteiger partial charge in [0.05, 0.1) is 5.69 Å². The Kier molecular flexibility index (Phi) is 5.91. The molecule has 1 amide bonds. The Morgan fingerprint density at radius 2 is 1.90 bits per heavy atom. The van der Waals surface area contributed by atoms with E-state index >= 15 is 0 Å². The van der Waals surface area contributed by atoms with Crippen molar-refractivity contribution in [3.05, 3.63) is 53.3 Å². The van der Waals surface area contributed by atoms with Gasteiger partial charge in [-0.3, -0.25) is 4.79 Å². The normalized spacial score (nSPS) is 15.0. The minimum Gasteiger partial charge on any atom is -0.483 e. The van der Waals surface area contributed by atoms with E-state index < -0.39 is 47.7 Å². The van der Waals surface area contributed by atoms with Crippen molar-refractivity contribution in [2.75, 3.05) is 11.9 Å². The summed E-state index contributed by atoms with van der Waals surface area (Å²) in [7, 11) is 0. The van der Waals surface area contributed by atoms with Crippen molar-refractivity contribution in [3.63, 3.8) is 0 Å². The van der Waals surface area contributed by atoms with Gasteiger partial charge in [-0.05, 0) is 39.0 Å². The number of para-hydroxylation sites is 1. The summed E-state index contributed by atoms with van der Waals surface area (Å²) in [4.78, 5) is 24.1. The first-order valence-electron chi connectivity index (χ1n) is 9.15. The molecule has 0 aromatic heterocycles.